The van der Waals surface area contributed by atoms with Crippen LogP contribution in [0.5, 0.6) is 23.0 Å². The Balaban J connectivity index is 1.83. The molecule has 0 radical (unpaired) electrons. The van der Waals surface area contributed by atoms with Crippen LogP contribution in [0.3, 0.4) is 0 Å². The maximum absolute atomic E-state index is 13.6. The number of benzene rings is 3. The molecule has 38 heavy (non-hydrogen) atoms. The van der Waals surface area contributed by atoms with Crippen molar-refractivity contribution in [1.82, 2.24) is 5.43 Å². The summed E-state index contributed by atoms with van der Waals surface area (Å²) in [5.41, 5.74) is 3.20. The number of anilines is 1. The molecule has 0 bridgehead atoms. The van der Waals surface area contributed by atoms with E-state index in [9.17, 15) is 13.2 Å². The standard InChI is InChI=1S/C27H29N3O7S/c1-5-16-37-25-15-10-20(17-26(25)36-4)18-28-29-27(31)19-30(23-8-6-7-9-24(23)35-3)38(32,33)22-13-11-21(34-2)12-14-22/h5-15,17-18H,1,16,19H2,2-4H3,(H,29,31)/b28-18-. The Morgan fingerprint density at radius 1 is 0.947 bits per heavy atom. The van der Waals surface area contributed by atoms with Gasteiger partial charge in [0.05, 0.1) is 38.1 Å². The van der Waals surface area contributed by atoms with Crippen molar-refractivity contribution in [3.63, 3.8) is 0 Å². The average molecular weight is 540 g/mol. The van der Waals surface area contributed by atoms with Gasteiger partial charge in [0.25, 0.3) is 15.9 Å². The van der Waals surface area contributed by atoms with Gasteiger partial charge in [-0.1, -0.05) is 24.8 Å². The van der Waals surface area contributed by atoms with Gasteiger partial charge in [0, 0.05) is 0 Å². The lowest BCUT2D eigenvalue weighted by Crippen LogP contribution is -2.39. The SMILES string of the molecule is C=CCOc1ccc(/C=N\NC(=O)CN(c2ccccc2OC)S(=O)(=O)c2ccc(OC)cc2)cc1OC. The number of methoxy groups -OCH3 is 3. The lowest BCUT2D eigenvalue weighted by atomic mass is 10.2. The van der Waals surface area contributed by atoms with Crippen molar-refractivity contribution in [2.75, 3.05) is 38.8 Å². The van der Waals surface area contributed by atoms with Crippen LogP contribution in [0.4, 0.5) is 5.69 Å². The van der Waals surface area contributed by atoms with Gasteiger partial charge in [-0.05, 0) is 60.2 Å². The molecule has 0 saturated carbocycles. The topological polar surface area (TPSA) is 116 Å². The number of ether oxygens (including phenoxy) is 4. The zero-order valence-corrected chi connectivity index (χ0v) is 22.1. The van der Waals surface area contributed by atoms with E-state index >= 15 is 0 Å². The van der Waals surface area contributed by atoms with Gasteiger partial charge in [0.1, 0.15) is 24.7 Å². The first-order valence-corrected chi connectivity index (χ1v) is 12.8. The first-order chi connectivity index (χ1) is 18.3. The largest absolute Gasteiger partial charge is 0.497 e. The van der Waals surface area contributed by atoms with Crippen LogP contribution < -0.4 is 28.7 Å². The highest BCUT2D eigenvalue weighted by molar-refractivity contribution is 7.92. The number of hydrazone groups is 1. The predicted molar refractivity (Wildman–Crippen MR) is 145 cm³/mol. The minimum Gasteiger partial charge on any atom is -0.497 e. The monoisotopic (exact) mass is 539 g/mol. The van der Waals surface area contributed by atoms with Crippen molar-refractivity contribution < 1.29 is 32.2 Å². The van der Waals surface area contributed by atoms with Gasteiger partial charge >= 0.3 is 0 Å². The third-order valence-electron chi connectivity index (χ3n) is 5.24. The van der Waals surface area contributed by atoms with Crippen LogP contribution in [0.1, 0.15) is 5.56 Å². The molecule has 0 unspecified atom stereocenters. The van der Waals surface area contributed by atoms with Crippen LogP contribution in [0.25, 0.3) is 0 Å². The fourth-order valence-corrected chi connectivity index (χ4v) is 4.82. The summed E-state index contributed by atoms with van der Waals surface area (Å²) in [6.45, 7) is 3.38. The predicted octanol–water partition coefficient (Wildman–Crippen LogP) is 3.62. The number of para-hydroxylation sites is 2. The summed E-state index contributed by atoms with van der Waals surface area (Å²) in [6, 6.07) is 17.5. The summed E-state index contributed by atoms with van der Waals surface area (Å²) in [4.78, 5) is 12.8. The Morgan fingerprint density at radius 3 is 2.32 bits per heavy atom. The molecule has 0 aliphatic rings. The lowest BCUT2D eigenvalue weighted by molar-refractivity contribution is -0.119. The van der Waals surface area contributed by atoms with Crippen molar-refractivity contribution in [3.05, 3.63) is 84.9 Å². The van der Waals surface area contributed by atoms with Crippen molar-refractivity contribution in [2.24, 2.45) is 5.10 Å². The molecule has 11 heteroatoms. The normalized spacial score (nSPS) is 11.0. The molecule has 0 saturated heterocycles. The molecule has 3 aromatic carbocycles. The van der Waals surface area contributed by atoms with Gasteiger partial charge in [0.2, 0.25) is 0 Å². The molecule has 0 heterocycles. The fourth-order valence-electron chi connectivity index (χ4n) is 3.39. The molecule has 0 aliphatic carbocycles. The number of amides is 1. The number of nitrogens with zero attached hydrogens (tertiary/aromatic N) is 2. The van der Waals surface area contributed by atoms with E-state index in [0.29, 0.717) is 29.4 Å². The second kappa shape index (κ2) is 13.2. The number of hydrogen-bond donors (Lipinski definition) is 1. The molecule has 0 atom stereocenters. The first-order valence-electron chi connectivity index (χ1n) is 11.4. The summed E-state index contributed by atoms with van der Waals surface area (Å²) in [5, 5.41) is 3.97. The van der Waals surface area contributed by atoms with Crippen LogP contribution >= 0.6 is 0 Å². The van der Waals surface area contributed by atoms with Gasteiger partial charge in [-0.3, -0.25) is 9.10 Å². The number of sulfonamides is 1. The molecule has 10 nitrogen and oxygen atoms in total. The average Bonchev–Trinajstić information content (AvgIpc) is 2.95. The Hall–Kier alpha value is -4.51. The smallest absolute Gasteiger partial charge is 0.264 e. The van der Waals surface area contributed by atoms with Crippen molar-refractivity contribution >= 4 is 27.8 Å². The van der Waals surface area contributed by atoms with Crippen LogP contribution in [-0.2, 0) is 14.8 Å². The third-order valence-corrected chi connectivity index (χ3v) is 7.01. The van der Waals surface area contributed by atoms with Crippen LogP contribution in [-0.4, -0.2) is 55.0 Å². The van der Waals surface area contributed by atoms with Crippen molar-refractivity contribution in [3.8, 4) is 23.0 Å². The minimum absolute atomic E-state index is 0.0219. The summed E-state index contributed by atoms with van der Waals surface area (Å²) >= 11 is 0. The van der Waals surface area contributed by atoms with E-state index in [0.717, 1.165) is 4.31 Å². The minimum atomic E-state index is -4.16. The van der Waals surface area contributed by atoms with Gasteiger partial charge < -0.3 is 18.9 Å². The molecule has 0 fully saturated rings. The Kier molecular flexibility index (Phi) is 9.72. The van der Waals surface area contributed by atoms with E-state index in [1.165, 1.54) is 51.8 Å². The Morgan fingerprint density at radius 2 is 1.66 bits per heavy atom. The van der Waals surface area contributed by atoms with Gasteiger partial charge in [-0.15, -0.1) is 0 Å². The molecule has 0 aromatic heterocycles. The molecule has 1 amide bonds. The molecule has 200 valence electrons. The maximum atomic E-state index is 13.6. The highest BCUT2D eigenvalue weighted by Gasteiger charge is 2.29. The molecule has 3 rings (SSSR count). The highest BCUT2D eigenvalue weighted by Crippen LogP contribution is 2.32. The van der Waals surface area contributed by atoms with Crippen LogP contribution in [0.2, 0.25) is 0 Å². The molecular formula is C27H29N3O7S. The molecule has 0 aliphatic heterocycles. The second-order valence-corrected chi connectivity index (χ2v) is 9.52. The van der Waals surface area contributed by atoms with E-state index in [1.54, 1.807) is 48.5 Å². The van der Waals surface area contributed by atoms with E-state index in [2.05, 4.69) is 17.1 Å². The molecule has 0 spiro atoms. The zero-order valence-electron chi connectivity index (χ0n) is 21.3. The van der Waals surface area contributed by atoms with Crippen LogP contribution in [0, 0.1) is 0 Å². The van der Waals surface area contributed by atoms with Gasteiger partial charge in [0.15, 0.2) is 11.5 Å². The second-order valence-electron chi connectivity index (χ2n) is 7.66. The number of carbonyl (C=O) groups excluding carboxylic acids is 1. The molecule has 3 aromatic rings. The van der Waals surface area contributed by atoms with E-state index in [1.807, 2.05) is 0 Å². The highest BCUT2D eigenvalue weighted by atomic mass is 32.2. The number of hydrogen-bond acceptors (Lipinski definition) is 8. The maximum Gasteiger partial charge on any atom is 0.264 e. The quantitative estimate of drug-likeness (QED) is 0.200. The fraction of sp³-hybridized carbons (Fsp3) is 0.185. The first kappa shape index (κ1) is 28.1. The lowest BCUT2D eigenvalue weighted by Gasteiger charge is -2.25. The van der Waals surface area contributed by atoms with Crippen molar-refractivity contribution in [2.45, 2.75) is 4.90 Å². The van der Waals surface area contributed by atoms with E-state index < -0.39 is 22.5 Å². The molecular weight excluding hydrogens is 510 g/mol. The van der Waals surface area contributed by atoms with Gasteiger partial charge in [-0.25, -0.2) is 13.8 Å². The van der Waals surface area contributed by atoms with Crippen LogP contribution in [0.15, 0.2) is 89.4 Å². The number of carbonyl (C=O) groups is 1. The number of nitrogens with one attached hydrogen (secondary N) is 1. The summed E-state index contributed by atoms with van der Waals surface area (Å²) in [6.07, 6.45) is 3.02. The van der Waals surface area contributed by atoms with Gasteiger partial charge in [-0.2, -0.15) is 5.10 Å². The Labute approximate surface area is 222 Å². The number of rotatable bonds is 13. The van der Waals surface area contributed by atoms with E-state index in [-0.39, 0.29) is 16.3 Å². The summed E-state index contributed by atoms with van der Waals surface area (Å²) in [7, 11) is 0.253. The van der Waals surface area contributed by atoms with Crippen molar-refractivity contribution in [1.29, 1.82) is 0 Å². The molecule has 1 N–H and O–H groups in total. The summed E-state index contributed by atoms with van der Waals surface area (Å²) in [5.74, 6) is 1.13. The zero-order chi connectivity index (χ0) is 27.5. The Bertz CT molecular complexity index is 1390. The summed E-state index contributed by atoms with van der Waals surface area (Å²) < 4.78 is 49.5. The third kappa shape index (κ3) is 6.83. The van der Waals surface area contributed by atoms with E-state index in [4.69, 9.17) is 18.9 Å².